The van der Waals surface area contributed by atoms with E-state index in [1.165, 1.54) is 11.1 Å². The third kappa shape index (κ3) is 4.83. The SMILES string of the molecule is Cc1cccc(C(C)(C)CNC(=O)CC2COCCN2)c1. The molecule has 116 valence electrons. The lowest BCUT2D eigenvalue weighted by atomic mass is 9.84. The minimum absolute atomic E-state index is 0.0713. The van der Waals surface area contributed by atoms with Crippen LogP contribution in [0.15, 0.2) is 24.3 Å². The van der Waals surface area contributed by atoms with Gasteiger partial charge in [-0.1, -0.05) is 43.7 Å². The zero-order chi connectivity index (χ0) is 15.3. The van der Waals surface area contributed by atoms with Crippen LogP contribution in [0.4, 0.5) is 0 Å². The molecular formula is C17H26N2O2. The average Bonchev–Trinajstić information content (AvgIpc) is 2.46. The quantitative estimate of drug-likeness (QED) is 0.869. The fourth-order valence-corrected chi connectivity index (χ4v) is 2.53. The van der Waals surface area contributed by atoms with Crippen molar-refractivity contribution < 1.29 is 9.53 Å². The number of aryl methyl sites for hydroxylation is 1. The van der Waals surface area contributed by atoms with Crippen LogP contribution in [0.3, 0.4) is 0 Å². The summed E-state index contributed by atoms with van der Waals surface area (Å²) in [6.45, 7) is 9.23. The van der Waals surface area contributed by atoms with E-state index in [9.17, 15) is 4.79 Å². The fourth-order valence-electron chi connectivity index (χ4n) is 2.53. The number of ether oxygens (including phenoxy) is 1. The van der Waals surface area contributed by atoms with E-state index in [4.69, 9.17) is 4.74 Å². The second-order valence-electron chi connectivity index (χ2n) is 6.46. The van der Waals surface area contributed by atoms with Crippen molar-refractivity contribution in [1.82, 2.24) is 10.6 Å². The lowest BCUT2D eigenvalue weighted by Gasteiger charge is -2.27. The normalized spacial score (nSPS) is 19.3. The van der Waals surface area contributed by atoms with Crippen molar-refractivity contribution in [2.75, 3.05) is 26.3 Å². The molecule has 1 heterocycles. The molecule has 2 N–H and O–H groups in total. The van der Waals surface area contributed by atoms with Crippen LogP contribution in [0, 0.1) is 6.92 Å². The molecule has 1 amide bonds. The van der Waals surface area contributed by atoms with Crippen LogP contribution in [0.2, 0.25) is 0 Å². The maximum atomic E-state index is 12.0. The molecule has 1 aromatic rings. The lowest BCUT2D eigenvalue weighted by molar-refractivity contribution is -0.122. The molecule has 0 saturated carbocycles. The maximum absolute atomic E-state index is 12.0. The van der Waals surface area contributed by atoms with Gasteiger partial charge in [0.25, 0.3) is 0 Å². The van der Waals surface area contributed by atoms with Crippen molar-refractivity contribution in [2.24, 2.45) is 0 Å². The number of nitrogens with one attached hydrogen (secondary N) is 2. The van der Waals surface area contributed by atoms with Gasteiger partial charge in [0.15, 0.2) is 0 Å². The van der Waals surface area contributed by atoms with Crippen molar-refractivity contribution >= 4 is 5.91 Å². The topological polar surface area (TPSA) is 50.4 Å². The molecule has 2 rings (SSSR count). The average molecular weight is 290 g/mol. The molecule has 1 aromatic carbocycles. The van der Waals surface area contributed by atoms with Crippen molar-refractivity contribution in [2.45, 2.75) is 38.6 Å². The number of rotatable bonds is 5. The molecule has 0 aliphatic carbocycles. The van der Waals surface area contributed by atoms with E-state index < -0.39 is 0 Å². The second-order valence-corrected chi connectivity index (χ2v) is 6.46. The highest BCUT2D eigenvalue weighted by Crippen LogP contribution is 2.23. The van der Waals surface area contributed by atoms with Crippen LogP contribution in [-0.2, 0) is 14.9 Å². The van der Waals surface area contributed by atoms with Crippen molar-refractivity contribution in [1.29, 1.82) is 0 Å². The van der Waals surface area contributed by atoms with E-state index in [1.807, 2.05) is 0 Å². The van der Waals surface area contributed by atoms with Gasteiger partial charge in [-0.05, 0) is 12.5 Å². The summed E-state index contributed by atoms with van der Waals surface area (Å²) < 4.78 is 5.37. The third-order valence-electron chi connectivity index (χ3n) is 3.96. The fraction of sp³-hybridized carbons (Fsp3) is 0.588. The van der Waals surface area contributed by atoms with Gasteiger partial charge in [0.1, 0.15) is 0 Å². The Morgan fingerprint density at radius 2 is 2.29 bits per heavy atom. The number of benzene rings is 1. The summed E-state index contributed by atoms with van der Waals surface area (Å²) in [7, 11) is 0. The van der Waals surface area contributed by atoms with Crippen LogP contribution < -0.4 is 10.6 Å². The zero-order valence-electron chi connectivity index (χ0n) is 13.2. The monoisotopic (exact) mass is 290 g/mol. The molecule has 1 fully saturated rings. The van der Waals surface area contributed by atoms with Crippen LogP contribution in [0.5, 0.6) is 0 Å². The summed E-state index contributed by atoms with van der Waals surface area (Å²) in [5.74, 6) is 0.0822. The van der Waals surface area contributed by atoms with Gasteiger partial charge in [-0.2, -0.15) is 0 Å². The van der Waals surface area contributed by atoms with Gasteiger partial charge in [-0.25, -0.2) is 0 Å². The Morgan fingerprint density at radius 3 is 2.95 bits per heavy atom. The summed E-state index contributed by atoms with van der Waals surface area (Å²) in [4.78, 5) is 12.0. The first-order valence-electron chi connectivity index (χ1n) is 7.62. The van der Waals surface area contributed by atoms with E-state index in [2.05, 4.69) is 55.7 Å². The van der Waals surface area contributed by atoms with Crippen molar-refractivity contribution in [3.05, 3.63) is 35.4 Å². The number of morpholine rings is 1. The van der Waals surface area contributed by atoms with E-state index in [-0.39, 0.29) is 17.4 Å². The highest BCUT2D eigenvalue weighted by Gasteiger charge is 2.23. The van der Waals surface area contributed by atoms with Crippen LogP contribution in [0.1, 0.15) is 31.4 Å². The molecule has 0 radical (unpaired) electrons. The van der Waals surface area contributed by atoms with Crippen molar-refractivity contribution in [3.8, 4) is 0 Å². The van der Waals surface area contributed by atoms with Gasteiger partial charge in [0.2, 0.25) is 5.91 Å². The smallest absolute Gasteiger partial charge is 0.221 e. The van der Waals surface area contributed by atoms with Crippen LogP contribution in [0.25, 0.3) is 0 Å². The molecule has 1 aliphatic heterocycles. The van der Waals surface area contributed by atoms with Crippen LogP contribution >= 0.6 is 0 Å². The summed E-state index contributed by atoms with van der Waals surface area (Å²) >= 11 is 0. The Kier molecular flexibility index (Phi) is 5.37. The largest absolute Gasteiger partial charge is 0.378 e. The standard InChI is InChI=1S/C17H26N2O2/c1-13-5-4-6-14(9-13)17(2,3)12-19-16(20)10-15-11-21-8-7-18-15/h4-6,9,15,18H,7-8,10-12H2,1-3H3,(H,19,20). The van der Waals surface area contributed by atoms with Crippen LogP contribution in [-0.4, -0.2) is 38.3 Å². The van der Waals surface area contributed by atoms with E-state index in [0.717, 1.165) is 13.2 Å². The molecule has 0 aromatic heterocycles. The molecule has 0 spiro atoms. The molecule has 4 heteroatoms. The van der Waals surface area contributed by atoms with Crippen molar-refractivity contribution in [3.63, 3.8) is 0 Å². The molecule has 21 heavy (non-hydrogen) atoms. The molecule has 1 saturated heterocycles. The zero-order valence-corrected chi connectivity index (χ0v) is 13.2. The third-order valence-corrected chi connectivity index (χ3v) is 3.96. The van der Waals surface area contributed by atoms with Gasteiger partial charge in [0, 0.05) is 31.0 Å². The molecule has 0 bridgehead atoms. The summed E-state index contributed by atoms with van der Waals surface area (Å²) in [5.41, 5.74) is 2.43. The second kappa shape index (κ2) is 7.05. The van der Waals surface area contributed by atoms with Gasteiger partial charge in [0.05, 0.1) is 13.2 Å². The minimum atomic E-state index is -0.0713. The van der Waals surface area contributed by atoms with E-state index in [1.54, 1.807) is 0 Å². The van der Waals surface area contributed by atoms with Gasteiger partial charge in [-0.3, -0.25) is 4.79 Å². The van der Waals surface area contributed by atoms with E-state index in [0.29, 0.717) is 19.6 Å². The number of amides is 1. The lowest BCUT2D eigenvalue weighted by Crippen LogP contribution is -2.45. The van der Waals surface area contributed by atoms with Gasteiger partial charge in [-0.15, -0.1) is 0 Å². The maximum Gasteiger partial charge on any atom is 0.221 e. The molecular weight excluding hydrogens is 264 g/mol. The van der Waals surface area contributed by atoms with E-state index >= 15 is 0 Å². The molecule has 1 atom stereocenters. The first kappa shape index (κ1) is 16.0. The Balaban J connectivity index is 1.84. The molecule has 1 aliphatic rings. The number of carbonyl (C=O) groups is 1. The minimum Gasteiger partial charge on any atom is -0.378 e. The Labute approximate surface area is 127 Å². The predicted molar refractivity (Wildman–Crippen MR) is 84.4 cm³/mol. The number of hydrogen-bond acceptors (Lipinski definition) is 3. The number of hydrogen-bond donors (Lipinski definition) is 2. The predicted octanol–water partition coefficient (Wildman–Crippen LogP) is 1.77. The van der Waals surface area contributed by atoms with Gasteiger partial charge < -0.3 is 15.4 Å². The molecule has 4 nitrogen and oxygen atoms in total. The highest BCUT2D eigenvalue weighted by atomic mass is 16.5. The summed E-state index contributed by atoms with van der Waals surface area (Å²) in [6.07, 6.45) is 0.476. The first-order valence-corrected chi connectivity index (χ1v) is 7.62. The Hall–Kier alpha value is -1.39. The molecule has 1 unspecified atom stereocenters. The Morgan fingerprint density at radius 1 is 1.48 bits per heavy atom. The highest BCUT2D eigenvalue weighted by molar-refractivity contribution is 5.76. The summed E-state index contributed by atoms with van der Waals surface area (Å²) in [6, 6.07) is 8.60. The summed E-state index contributed by atoms with van der Waals surface area (Å²) in [5, 5.41) is 6.35. The van der Waals surface area contributed by atoms with Gasteiger partial charge >= 0.3 is 0 Å². The first-order chi connectivity index (χ1) is 9.97. The Bertz CT molecular complexity index is 479. The number of carbonyl (C=O) groups excluding carboxylic acids is 1.